The Morgan fingerprint density at radius 3 is 2.37 bits per heavy atom. The second-order valence-electron chi connectivity index (χ2n) is 11.0. The predicted molar refractivity (Wildman–Crippen MR) is 185 cm³/mol. The summed E-state index contributed by atoms with van der Waals surface area (Å²) >= 11 is 4.48. The molecule has 4 heterocycles. The van der Waals surface area contributed by atoms with E-state index in [2.05, 4.69) is 11.0 Å². The molecule has 7 rings (SSSR count). The van der Waals surface area contributed by atoms with E-state index >= 15 is 0 Å². The van der Waals surface area contributed by atoms with Gasteiger partial charge in [0.05, 0.1) is 17.4 Å². The fraction of sp³-hybridized carbons (Fsp3) is 0.229. The van der Waals surface area contributed by atoms with Crippen molar-refractivity contribution in [2.24, 2.45) is 5.73 Å². The van der Waals surface area contributed by atoms with Gasteiger partial charge >= 0.3 is 5.97 Å². The first kappa shape index (κ1) is 30.8. The molecule has 0 unspecified atom stereocenters. The molecule has 0 spiro atoms. The Morgan fingerprint density at radius 2 is 1.67 bits per heavy atom. The Kier molecular flexibility index (Phi) is 9.01. The Hall–Kier alpha value is -3.87. The van der Waals surface area contributed by atoms with Gasteiger partial charge in [-0.1, -0.05) is 72.4 Å². The number of benzene rings is 3. The molecule has 2 saturated heterocycles. The summed E-state index contributed by atoms with van der Waals surface area (Å²) in [6, 6.07) is 26.1. The number of allylic oxidation sites excluding steroid dienone is 1. The summed E-state index contributed by atoms with van der Waals surface area (Å²) in [5.74, 6) is -0.400. The molecular weight excluding hydrogens is 639 g/mol. The lowest BCUT2D eigenvalue weighted by atomic mass is 10.0. The lowest BCUT2D eigenvalue weighted by Crippen LogP contribution is -2.68. The molecule has 234 valence electrons. The fourth-order valence-electron chi connectivity index (χ4n) is 5.79. The smallest absolute Gasteiger partial charge is 0.356 e. The summed E-state index contributed by atoms with van der Waals surface area (Å²) < 4.78 is 13.4. The zero-order valence-electron chi connectivity index (χ0n) is 24.7. The first-order valence-electron chi connectivity index (χ1n) is 15.0. The highest BCUT2D eigenvalue weighted by Gasteiger charge is 2.52. The van der Waals surface area contributed by atoms with Gasteiger partial charge in [0.2, 0.25) is 5.91 Å². The number of ether oxygens (including phenoxy) is 2. The molecule has 1 aromatic heterocycles. The van der Waals surface area contributed by atoms with Crippen LogP contribution in [0.15, 0.2) is 117 Å². The van der Waals surface area contributed by atoms with Crippen LogP contribution in [0.25, 0.3) is 10.1 Å². The van der Waals surface area contributed by atoms with Gasteiger partial charge in [-0.25, -0.2) is 4.79 Å². The van der Waals surface area contributed by atoms with E-state index in [0.29, 0.717) is 29.9 Å². The number of thioether (sulfide) groups is 2. The molecule has 2 N–H and O–H groups in total. The van der Waals surface area contributed by atoms with E-state index in [1.165, 1.54) is 28.4 Å². The lowest BCUT2D eigenvalue weighted by molar-refractivity contribution is -0.153. The number of carbonyl (C=O) groups is 2. The van der Waals surface area contributed by atoms with Gasteiger partial charge in [-0.05, 0) is 46.4 Å². The second kappa shape index (κ2) is 13.5. The molecule has 0 radical (unpaired) electrons. The number of rotatable bonds is 8. The number of carbonyl (C=O) groups excluding carboxylic acids is 2. The van der Waals surface area contributed by atoms with E-state index in [9.17, 15) is 14.4 Å². The van der Waals surface area contributed by atoms with Crippen molar-refractivity contribution in [1.29, 1.82) is 0 Å². The number of hydrogen-bond acceptors (Lipinski definition) is 10. The Bertz CT molecular complexity index is 1850. The van der Waals surface area contributed by atoms with Crippen molar-refractivity contribution in [2.75, 3.05) is 37.0 Å². The maximum Gasteiger partial charge on any atom is 0.356 e. The van der Waals surface area contributed by atoms with Gasteiger partial charge in [-0.3, -0.25) is 14.5 Å². The topological polar surface area (TPSA) is 102 Å². The number of nitrogens with two attached hydrogens (primary N) is 1. The van der Waals surface area contributed by atoms with E-state index in [0.717, 1.165) is 38.8 Å². The summed E-state index contributed by atoms with van der Waals surface area (Å²) in [5, 5.41) is 2.23. The molecule has 1 amide bonds. The van der Waals surface area contributed by atoms with E-state index in [1.807, 2.05) is 84.3 Å². The number of esters is 1. The molecule has 3 aromatic carbocycles. The first-order valence-corrected chi connectivity index (χ1v) is 17.7. The Labute approximate surface area is 278 Å². The van der Waals surface area contributed by atoms with Crippen LogP contribution in [0.4, 0.5) is 5.69 Å². The van der Waals surface area contributed by atoms with E-state index in [1.54, 1.807) is 17.4 Å². The van der Waals surface area contributed by atoms with Crippen LogP contribution in [-0.2, 0) is 19.1 Å². The van der Waals surface area contributed by atoms with Crippen LogP contribution in [-0.4, -0.2) is 60.2 Å². The van der Waals surface area contributed by atoms with Crippen LogP contribution >= 0.6 is 34.9 Å². The second-order valence-corrected chi connectivity index (χ2v) is 14.4. The van der Waals surface area contributed by atoms with Crippen LogP contribution in [0.1, 0.15) is 17.2 Å². The maximum atomic E-state index is 14.0. The molecule has 0 saturated carbocycles. The van der Waals surface area contributed by atoms with Crippen LogP contribution in [0.2, 0.25) is 0 Å². The molecule has 46 heavy (non-hydrogen) atoms. The van der Waals surface area contributed by atoms with Crippen LogP contribution in [0.3, 0.4) is 0 Å². The van der Waals surface area contributed by atoms with Gasteiger partial charge in [0.15, 0.2) is 11.5 Å². The summed E-state index contributed by atoms with van der Waals surface area (Å²) in [6.45, 7) is 3.01. The number of morpholine rings is 1. The molecule has 4 aromatic rings. The number of fused-ring (bicyclic) bond motifs is 2. The minimum absolute atomic E-state index is 0.0363. The Morgan fingerprint density at radius 1 is 0.978 bits per heavy atom. The molecular formula is C35H31N3O5S3. The van der Waals surface area contributed by atoms with E-state index < -0.39 is 18.1 Å². The molecule has 0 aliphatic carbocycles. The summed E-state index contributed by atoms with van der Waals surface area (Å²) in [6.07, 6.45) is 1.19. The quantitative estimate of drug-likeness (QED) is 0.147. The van der Waals surface area contributed by atoms with Crippen molar-refractivity contribution >= 4 is 62.5 Å². The third kappa shape index (κ3) is 6.13. The first-order chi connectivity index (χ1) is 22.5. The highest BCUT2D eigenvalue weighted by atomic mass is 32.2. The van der Waals surface area contributed by atoms with Crippen molar-refractivity contribution < 1.29 is 19.1 Å². The maximum absolute atomic E-state index is 14.0. The van der Waals surface area contributed by atoms with Gasteiger partial charge in [-0.2, -0.15) is 0 Å². The molecule has 3 aliphatic heterocycles. The molecule has 3 aliphatic rings. The van der Waals surface area contributed by atoms with Crippen LogP contribution < -0.4 is 16.1 Å². The normalized spacial score (nSPS) is 19.9. The Balaban J connectivity index is 1.17. The lowest BCUT2D eigenvalue weighted by Gasteiger charge is -2.48. The minimum atomic E-state index is -0.663. The van der Waals surface area contributed by atoms with E-state index in [4.69, 9.17) is 15.2 Å². The SMILES string of the molecule is N[C@@H]1C(=O)N2C(C(=O)OC(c3ccccc3)c3ccccc3)=C(/C=C/Sc3cc(=O)c4ccc(N5CCOCC5)cc4s3)CS[C@H]12. The van der Waals surface area contributed by atoms with Crippen molar-refractivity contribution in [3.8, 4) is 0 Å². The summed E-state index contributed by atoms with van der Waals surface area (Å²) in [7, 11) is 0. The number of anilines is 1. The number of nitrogens with zero attached hydrogens (tertiary/aromatic N) is 2. The average molecular weight is 670 g/mol. The largest absolute Gasteiger partial charge is 0.448 e. The number of amides is 1. The fourth-order valence-corrected chi connectivity index (χ4v) is 9.06. The standard InChI is InChI=1S/C35H31N3O5S3/c36-30-33(40)38-31(35(41)43-32(22-7-3-1-4-8-22)23-9-5-2-6-10-23)24(21-45-34(30)38)13-18-44-29-20-27(39)26-12-11-25(19-28(26)46-29)37-14-16-42-17-15-37/h1-13,18-20,30,32,34H,14-17,21,36H2/b18-13+/t30-,34-/m1/s1. The van der Waals surface area contributed by atoms with Gasteiger partial charge < -0.3 is 20.1 Å². The van der Waals surface area contributed by atoms with Gasteiger partial charge in [0, 0.05) is 40.7 Å². The van der Waals surface area contributed by atoms with E-state index in [-0.39, 0.29) is 22.4 Å². The van der Waals surface area contributed by atoms with Crippen molar-refractivity contribution in [3.05, 3.63) is 129 Å². The van der Waals surface area contributed by atoms with Crippen molar-refractivity contribution in [1.82, 2.24) is 4.90 Å². The molecule has 2 atom stereocenters. The van der Waals surface area contributed by atoms with Crippen molar-refractivity contribution in [3.63, 3.8) is 0 Å². The molecule has 8 nitrogen and oxygen atoms in total. The van der Waals surface area contributed by atoms with Gasteiger partial charge in [0.25, 0.3) is 0 Å². The average Bonchev–Trinajstić information content (AvgIpc) is 3.10. The van der Waals surface area contributed by atoms with Gasteiger partial charge in [-0.15, -0.1) is 23.1 Å². The zero-order chi connectivity index (χ0) is 31.6. The van der Waals surface area contributed by atoms with Crippen LogP contribution in [0, 0.1) is 0 Å². The number of β-lactam (4-membered cyclic amide) rings is 1. The van der Waals surface area contributed by atoms with Crippen molar-refractivity contribution in [2.45, 2.75) is 21.7 Å². The molecule has 2 fully saturated rings. The predicted octanol–water partition coefficient (Wildman–Crippen LogP) is 5.53. The molecule has 0 bridgehead atoms. The summed E-state index contributed by atoms with van der Waals surface area (Å²) in [4.78, 5) is 43.7. The van der Waals surface area contributed by atoms with Crippen LogP contribution in [0.5, 0.6) is 0 Å². The minimum Gasteiger partial charge on any atom is -0.448 e. The zero-order valence-corrected chi connectivity index (χ0v) is 27.2. The van der Waals surface area contributed by atoms with Gasteiger partial charge in [0.1, 0.15) is 17.1 Å². The monoisotopic (exact) mass is 669 g/mol. The highest BCUT2D eigenvalue weighted by Crippen LogP contribution is 2.41. The summed E-state index contributed by atoms with van der Waals surface area (Å²) in [5.41, 5.74) is 9.69. The molecule has 11 heteroatoms. The number of hydrogen-bond donors (Lipinski definition) is 1. The third-order valence-electron chi connectivity index (χ3n) is 8.18. The highest BCUT2D eigenvalue weighted by molar-refractivity contribution is 8.04. The third-order valence-corrected chi connectivity index (χ3v) is 11.5.